The van der Waals surface area contributed by atoms with E-state index >= 15 is 0 Å². The molecule has 1 amide bonds. The number of amides is 1. The second kappa shape index (κ2) is 14.4. The van der Waals surface area contributed by atoms with Crippen LogP contribution in [0.3, 0.4) is 0 Å². The van der Waals surface area contributed by atoms with E-state index in [9.17, 15) is 23.6 Å². The lowest BCUT2D eigenvalue weighted by Crippen LogP contribution is -2.43. The number of piperidine rings is 1. The molecule has 2 aliphatic rings. The molecule has 1 aromatic carbocycles. The van der Waals surface area contributed by atoms with E-state index in [1.165, 1.54) is 23.9 Å². The first-order valence-electron chi connectivity index (χ1n) is 13.6. The maximum absolute atomic E-state index is 14.7. The molecular weight excluding hydrogens is 579 g/mol. The molecule has 5 rings (SSSR count). The van der Waals surface area contributed by atoms with Gasteiger partial charge in [0.2, 0.25) is 5.91 Å². The van der Waals surface area contributed by atoms with Crippen molar-refractivity contribution in [1.29, 1.82) is 0 Å². The number of likely N-dealkylation sites (tertiary alicyclic amines) is 1. The first-order valence-corrected chi connectivity index (χ1v) is 14.6. The fraction of sp³-hybridized carbons (Fsp3) is 0.379. The molecule has 43 heavy (non-hydrogen) atoms. The van der Waals surface area contributed by atoms with Gasteiger partial charge in [0.1, 0.15) is 10.8 Å². The number of carbonyl (C=O) groups excluding carboxylic acids is 1. The summed E-state index contributed by atoms with van der Waals surface area (Å²) in [7, 11) is 3.80. The third kappa shape index (κ3) is 8.46. The summed E-state index contributed by atoms with van der Waals surface area (Å²) < 4.78 is 16.3. The Morgan fingerprint density at radius 2 is 1.79 bits per heavy atom. The predicted octanol–water partition coefficient (Wildman–Crippen LogP) is 2.36. The molecular formula is C29H33FN6O6S. The van der Waals surface area contributed by atoms with Crippen LogP contribution < -0.4 is 10.9 Å². The van der Waals surface area contributed by atoms with Crippen LogP contribution >= 0.6 is 11.8 Å². The molecule has 1 saturated heterocycles. The number of fused-ring (bicyclic) bond motifs is 2. The average molecular weight is 613 g/mol. The summed E-state index contributed by atoms with van der Waals surface area (Å²) >= 11 is 1.41. The summed E-state index contributed by atoms with van der Waals surface area (Å²) in [5.41, 5.74) is 2.76. The molecule has 0 bridgehead atoms. The summed E-state index contributed by atoms with van der Waals surface area (Å²) in [5, 5.41) is 28.8. The lowest BCUT2D eigenvalue weighted by Gasteiger charge is -2.36. The van der Waals surface area contributed by atoms with E-state index < -0.39 is 11.9 Å². The number of carbonyl (C=O) groups is 3. The Morgan fingerprint density at radius 1 is 1.12 bits per heavy atom. The lowest BCUT2D eigenvalue weighted by molar-refractivity contribution is -0.134. The number of aryl methyl sites for hydroxylation is 1. The molecule has 2 aromatic heterocycles. The van der Waals surface area contributed by atoms with E-state index in [-0.39, 0.29) is 17.3 Å². The minimum atomic E-state index is -1.26. The number of hydrogen-bond donors (Lipinski definition) is 3. The molecule has 0 spiro atoms. The van der Waals surface area contributed by atoms with E-state index in [0.717, 1.165) is 54.3 Å². The van der Waals surface area contributed by atoms with E-state index in [4.69, 9.17) is 10.2 Å². The quantitative estimate of drug-likeness (QED) is 0.321. The van der Waals surface area contributed by atoms with Gasteiger partial charge in [0.05, 0.1) is 22.7 Å². The number of anilines is 1. The first kappa shape index (κ1) is 31.8. The minimum absolute atomic E-state index is 0.00668. The minimum Gasteiger partial charge on any atom is -0.478 e. The fourth-order valence-corrected chi connectivity index (χ4v) is 5.88. The number of nitrogens with zero attached hydrogens (tertiary/aromatic N) is 5. The first-order chi connectivity index (χ1) is 20.5. The van der Waals surface area contributed by atoms with Gasteiger partial charge >= 0.3 is 11.9 Å². The van der Waals surface area contributed by atoms with Gasteiger partial charge in [-0.1, -0.05) is 11.8 Å². The number of nitrogens with one attached hydrogen (secondary N) is 1. The molecule has 228 valence electrons. The van der Waals surface area contributed by atoms with Crippen molar-refractivity contribution in [2.75, 3.05) is 37.8 Å². The van der Waals surface area contributed by atoms with Crippen molar-refractivity contribution in [3.8, 4) is 0 Å². The molecule has 14 heteroatoms. The second-order valence-electron chi connectivity index (χ2n) is 10.3. The second-order valence-corrected chi connectivity index (χ2v) is 11.3. The maximum atomic E-state index is 14.7. The number of thioether (sulfide) groups is 1. The summed E-state index contributed by atoms with van der Waals surface area (Å²) in [6.07, 6.45) is 3.70. The molecule has 0 aliphatic carbocycles. The summed E-state index contributed by atoms with van der Waals surface area (Å²) in [4.78, 5) is 47.6. The van der Waals surface area contributed by atoms with Crippen molar-refractivity contribution in [2.24, 2.45) is 7.05 Å². The molecule has 0 unspecified atom stereocenters. The van der Waals surface area contributed by atoms with Gasteiger partial charge in [-0.3, -0.25) is 14.5 Å². The molecule has 1 fully saturated rings. The average Bonchev–Trinajstić information content (AvgIpc) is 2.98. The monoisotopic (exact) mass is 612 g/mol. The smallest absolute Gasteiger partial charge is 0.328 e. The number of hydrogen-bond acceptors (Lipinski definition) is 9. The number of benzene rings is 1. The molecule has 0 saturated carbocycles. The molecule has 0 atom stereocenters. The van der Waals surface area contributed by atoms with Crippen molar-refractivity contribution < 1.29 is 29.0 Å². The van der Waals surface area contributed by atoms with Gasteiger partial charge in [-0.05, 0) is 69.1 Å². The van der Waals surface area contributed by atoms with Gasteiger partial charge in [-0.25, -0.2) is 14.0 Å². The fourth-order valence-electron chi connectivity index (χ4n) is 5.18. The Hall–Kier alpha value is -4.14. The lowest BCUT2D eigenvalue weighted by atomic mass is 10.0. The zero-order chi connectivity index (χ0) is 31.1. The summed E-state index contributed by atoms with van der Waals surface area (Å²) in [6.45, 7) is 3.29. The number of carboxylic acid groups (broad SMARTS) is 2. The van der Waals surface area contributed by atoms with Gasteiger partial charge in [0.15, 0.2) is 0 Å². The molecule has 12 nitrogen and oxygen atoms in total. The molecule has 3 aromatic rings. The Balaban J connectivity index is 0.000000467. The molecule has 0 radical (unpaired) electrons. The molecule has 2 aliphatic heterocycles. The Bertz CT molecular complexity index is 1590. The highest BCUT2D eigenvalue weighted by Gasteiger charge is 2.24. The summed E-state index contributed by atoms with van der Waals surface area (Å²) in [6, 6.07) is 8.86. The zero-order valence-corrected chi connectivity index (χ0v) is 24.6. The van der Waals surface area contributed by atoms with Gasteiger partial charge in [-0.15, -0.1) is 5.10 Å². The highest BCUT2D eigenvalue weighted by atomic mass is 32.2. The highest BCUT2D eigenvalue weighted by molar-refractivity contribution is 8.00. The van der Waals surface area contributed by atoms with Crippen LogP contribution in [0.25, 0.3) is 10.9 Å². The Labute approximate surface area is 251 Å². The summed E-state index contributed by atoms with van der Waals surface area (Å²) in [5.74, 6) is -2.40. The van der Waals surface area contributed by atoms with Gasteiger partial charge < -0.3 is 25.0 Å². The largest absolute Gasteiger partial charge is 0.478 e. The van der Waals surface area contributed by atoms with Crippen LogP contribution in [0.4, 0.5) is 10.1 Å². The predicted molar refractivity (Wildman–Crippen MR) is 160 cm³/mol. The Morgan fingerprint density at radius 3 is 2.47 bits per heavy atom. The number of pyridine rings is 1. The highest BCUT2D eigenvalue weighted by Crippen LogP contribution is 2.29. The number of aliphatic carboxylic acids is 2. The van der Waals surface area contributed by atoms with Crippen LogP contribution in [0.2, 0.25) is 0 Å². The third-order valence-corrected chi connectivity index (χ3v) is 8.37. The van der Waals surface area contributed by atoms with Crippen LogP contribution in [0.15, 0.2) is 52.3 Å². The van der Waals surface area contributed by atoms with E-state index in [1.807, 2.05) is 6.07 Å². The van der Waals surface area contributed by atoms with Crippen LogP contribution in [-0.2, 0) is 34.4 Å². The number of rotatable bonds is 8. The number of carboxylic acids is 2. The van der Waals surface area contributed by atoms with Crippen molar-refractivity contribution >= 4 is 46.2 Å². The Kier molecular flexibility index (Phi) is 10.6. The van der Waals surface area contributed by atoms with Crippen molar-refractivity contribution in [1.82, 2.24) is 24.6 Å². The van der Waals surface area contributed by atoms with Crippen LogP contribution in [0.1, 0.15) is 24.1 Å². The van der Waals surface area contributed by atoms with Crippen LogP contribution in [-0.4, -0.2) is 91.1 Å². The van der Waals surface area contributed by atoms with Crippen LogP contribution in [0, 0.1) is 5.82 Å². The normalized spacial score (nSPS) is 15.7. The van der Waals surface area contributed by atoms with Crippen LogP contribution in [0.5, 0.6) is 0 Å². The van der Waals surface area contributed by atoms with E-state index in [2.05, 4.69) is 32.4 Å². The van der Waals surface area contributed by atoms with Crippen molar-refractivity contribution in [3.63, 3.8) is 0 Å². The zero-order valence-electron chi connectivity index (χ0n) is 23.8. The van der Waals surface area contributed by atoms with Crippen molar-refractivity contribution in [3.05, 3.63) is 69.9 Å². The van der Waals surface area contributed by atoms with Crippen molar-refractivity contribution in [2.45, 2.75) is 36.9 Å². The standard InChI is InChI=1S/C25H29FN6O2S.C4H4O4/c1-30(14-17-13-21-25(29-28-17)35-15-22(33)27-21)18-7-10-32(11-8-18)12-9-19-20(26)5-3-16-4-6-23(34)31(2)24(16)19;5-3(6)1-2-4(7)8/h3-6,13,18H,7-12,14-15H2,1-2H3,(H,27,33);1-2H,(H,5,6)(H,7,8)/b;2-1+. The number of aromatic nitrogens is 3. The van der Waals surface area contributed by atoms with E-state index in [0.29, 0.717) is 48.0 Å². The van der Waals surface area contributed by atoms with E-state index in [1.54, 1.807) is 23.7 Å². The number of halogens is 1. The third-order valence-electron chi connectivity index (χ3n) is 7.39. The van der Waals surface area contributed by atoms with Gasteiger partial charge in [0.25, 0.3) is 5.56 Å². The maximum Gasteiger partial charge on any atom is 0.328 e. The molecule has 4 heterocycles. The molecule has 3 N–H and O–H groups in total. The van der Waals surface area contributed by atoms with Gasteiger partial charge in [0, 0.05) is 50.0 Å². The topological polar surface area (TPSA) is 158 Å². The SMILES string of the molecule is CN(Cc1cc2c(nn1)SCC(=O)N2)C1CCN(CCc2c(F)ccc3ccc(=O)n(C)c23)CC1.O=C(O)/C=C/C(=O)O. The van der Waals surface area contributed by atoms with Gasteiger partial charge in [-0.2, -0.15) is 5.10 Å².